The van der Waals surface area contributed by atoms with Gasteiger partial charge in [0.25, 0.3) is 0 Å². The van der Waals surface area contributed by atoms with Crippen molar-refractivity contribution in [3.63, 3.8) is 0 Å². The van der Waals surface area contributed by atoms with Gasteiger partial charge in [-0.1, -0.05) is 47.7 Å². The first-order valence-corrected chi connectivity index (χ1v) is 11.1. The molecule has 1 aromatic heterocycles. The van der Waals surface area contributed by atoms with Crippen LogP contribution in [0, 0.1) is 12.7 Å². The second-order valence-corrected chi connectivity index (χ2v) is 8.72. The Bertz CT molecular complexity index is 1050. The first-order valence-electron chi connectivity index (χ1n) is 10.3. The molecule has 1 N–H and O–H groups in total. The van der Waals surface area contributed by atoms with Crippen molar-refractivity contribution in [3.8, 4) is 11.4 Å². The van der Waals surface area contributed by atoms with E-state index in [0.29, 0.717) is 18.3 Å². The molecule has 6 nitrogen and oxygen atoms in total. The van der Waals surface area contributed by atoms with E-state index >= 15 is 0 Å². The summed E-state index contributed by atoms with van der Waals surface area (Å²) in [6.07, 6.45) is 1.99. The Balaban J connectivity index is 1.68. The highest BCUT2D eigenvalue weighted by molar-refractivity contribution is 8.00. The molecule has 1 saturated carbocycles. The van der Waals surface area contributed by atoms with Gasteiger partial charge in [0.05, 0.1) is 13.2 Å². The Kier molecular flexibility index (Phi) is 6.67. The van der Waals surface area contributed by atoms with Crippen molar-refractivity contribution in [2.45, 2.75) is 42.8 Å². The number of nitrogens with one attached hydrogen (secondary N) is 1. The summed E-state index contributed by atoms with van der Waals surface area (Å²) in [5, 5.41) is 11.9. The lowest BCUT2D eigenvalue weighted by Crippen LogP contribution is -2.30. The van der Waals surface area contributed by atoms with Crippen molar-refractivity contribution < 1.29 is 13.9 Å². The molecular weight excluding hydrogens is 415 g/mol. The molecule has 1 heterocycles. The number of nitrogens with zero attached hydrogens (tertiary/aromatic N) is 3. The minimum atomic E-state index is -0.558. The summed E-state index contributed by atoms with van der Waals surface area (Å²) in [4.78, 5) is 13.0. The molecule has 0 bridgehead atoms. The summed E-state index contributed by atoms with van der Waals surface area (Å²) in [5.41, 5.74) is 2.81. The number of hydrogen-bond acceptors (Lipinski definition) is 5. The molecule has 0 spiro atoms. The van der Waals surface area contributed by atoms with Gasteiger partial charge >= 0.3 is 0 Å². The Morgan fingerprint density at radius 2 is 2.03 bits per heavy atom. The third kappa shape index (κ3) is 5.32. The zero-order valence-corrected chi connectivity index (χ0v) is 18.4. The number of amides is 1. The van der Waals surface area contributed by atoms with Crippen LogP contribution < -0.4 is 5.32 Å². The normalized spacial score (nSPS) is 14.4. The number of aromatic nitrogens is 3. The quantitative estimate of drug-likeness (QED) is 0.506. The molecule has 1 aliphatic rings. The van der Waals surface area contributed by atoms with Gasteiger partial charge in [0, 0.05) is 18.7 Å². The molecule has 2 aromatic carbocycles. The highest BCUT2D eigenvalue weighted by atomic mass is 32.2. The minimum Gasteiger partial charge on any atom is -0.383 e. The van der Waals surface area contributed by atoms with Crippen LogP contribution in [0.3, 0.4) is 0 Å². The van der Waals surface area contributed by atoms with Crippen LogP contribution in [0.2, 0.25) is 0 Å². The van der Waals surface area contributed by atoms with Gasteiger partial charge in [0.1, 0.15) is 11.1 Å². The lowest BCUT2D eigenvalue weighted by molar-refractivity contribution is -0.120. The first-order chi connectivity index (χ1) is 15.0. The van der Waals surface area contributed by atoms with E-state index in [4.69, 9.17) is 4.74 Å². The average Bonchev–Trinajstić information content (AvgIpc) is 3.48. The summed E-state index contributed by atoms with van der Waals surface area (Å²) in [7, 11) is 1.65. The highest BCUT2D eigenvalue weighted by Crippen LogP contribution is 2.37. The summed E-state index contributed by atoms with van der Waals surface area (Å²) < 4.78 is 20.7. The Hall–Kier alpha value is -2.71. The molecule has 1 aliphatic carbocycles. The van der Waals surface area contributed by atoms with E-state index in [1.807, 2.05) is 29.7 Å². The molecule has 162 valence electrons. The van der Waals surface area contributed by atoms with Crippen LogP contribution >= 0.6 is 11.8 Å². The number of carbonyl (C=O) groups excluding carboxylic acids is 1. The minimum absolute atomic E-state index is 0.0995. The van der Waals surface area contributed by atoms with Crippen molar-refractivity contribution in [1.82, 2.24) is 20.1 Å². The van der Waals surface area contributed by atoms with Crippen LogP contribution in [-0.2, 0) is 16.1 Å². The Morgan fingerprint density at radius 1 is 1.26 bits per heavy atom. The third-order valence-electron chi connectivity index (χ3n) is 5.07. The van der Waals surface area contributed by atoms with Gasteiger partial charge in [-0.15, -0.1) is 10.2 Å². The van der Waals surface area contributed by atoms with Gasteiger partial charge in [-0.3, -0.25) is 9.36 Å². The summed E-state index contributed by atoms with van der Waals surface area (Å²) in [6.45, 7) is 3.07. The maximum Gasteiger partial charge on any atom is 0.238 e. The van der Waals surface area contributed by atoms with Crippen LogP contribution in [0.4, 0.5) is 4.39 Å². The molecule has 0 saturated heterocycles. The molecule has 1 amide bonds. The maximum absolute atomic E-state index is 13.5. The van der Waals surface area contributed by atoms with E-state index < -0.39 is 5.25 Å². The number of halogens is 1. The van der Waals surface area contributed by atoms with Crippen LogP contribution in [-0.4, -0.2) is 40.4 Å². The van der Waals surface area contributed by atoms with Gasteiger partial charge in [-0.05, 0) is 43.5 Å². The molecule has 0 aliphatic heterocycles. The second-order valence-electron chi connectivity index (χ2n) is 7.65. The van der Waals surface area contributed by atoms with Crippen molar-refractivity contribution >= 4 is 17.7 Å². The SMILES string of the molecule is COCCn1c(SC(C(=O)NC2CC2)c2ccc(F)cc2)nnc1-c1cccc(C)c1. The van der Waals surface area contributed by atoms with Crippen molar-refractivity contribution in [2.75, 3.05) is 13.7 Å². The molecule has 1 fully saturated rings. The number of methoxy groups -OCH3 is 1. The third-order valence-corrected chi connectivity index (χ3v) is 6.30. The topological polar surface area (TPSA) is 69.0 Å². The molecule has 0 radical (unpaired) electrons. The van der Waals surface area contributed by atoms with Crippen LogP contribution in [0.5, 0.6) is 0 Å². The van der Waals surface area contributed by atoms with E-state index in [2.05, 4.69) is 21.6 Å². The molecule has 3 aromatic rings. The van der Waals surface area contributed by atoms with Crippen molar-refractivity contribution in [2.24, 2.45) is 0 Å². The second kappa shape index (κ2) is 9.62. The van der Waals surface area contributed by atoms with Crippen LogP contribution in [0.1, 0.15) is 29.2 Å². The van der Waals surface area contributed by atoms with Gasteiger partial charge in [0.15, 0.2) is 11.0 Å². The fourth-order valence-corrected chi connectivity index (χ4v) is 4.35. The monoisotopic (exact) mass is 440 g/mol. The zero-order chi connectivity index (χ0) is 21.8. The van der Waals surface area contributed by atoms with E-state index in [9.17, 15) is 9.18 Å². The zero-order valence-electron chi connectivity index (χ0n) is 17.5. The molecule has 1 unspecified atom stereocenters. The number of hydrogen-bond donors (Lipinski definition) is 1. The van der Waals surface area contributed by atoms with E-state index in [1.54, 1.807) is 19.2 Å². The van der Waals surface area contributed by atoms with Gasteiger partial charge in [-0.25, -0.2) is 4.39 Å². The fourth-order valence-electron chi connectivity index (χ4n) is 3.28. The first kappa shape index (κ1) is 21.5. The lowest BCUT2D eigenvalue weighted by atomic mass is 10.1. The lowest BCUT2D eigenvalue weighted by Gasteiger charge is -2.17. The van der Waals surface area contributed by atoms with Gasteiger partial charge < -0.3 is 10.1 Å². The standard InChI is InChI=1S/C23H25FN4O2S/c1-15-4-3-5-17(14-15)21-26-27-23(28(21)12-13-30-2)31-20(22(29)25-19-10-11-19)16-6-8-18(24)9-7-16/h3-9,14,19-20H,10-13H2,1-2H3,(H,25,29). The largest absolute Gasteiger partial charge is 0.383 e. The number of aryl methyl sites for hydroxylation is 1. The number of thioether (sulfide) groups is 1. The van der Waals surface area contributed by atoms with E-state index in [-0.39, 0.29) is 17.8 Å². The molecule has 8 heteroatoms. The number of rotatable bonds is 9. The molecule has 31 heavy (non-hydrogen) atoms. The van der Waals surface area contributed by atoms with E-state index in [0.717, 1.165) is 35.4 Å². The summed E-state index contributed by atoms with van der Waals surface area (Å²) in [5.74, 6) is 0.293. The Morgan fingerprint density at radius 3 is 2.71 bits per heavy atom. The molecule has 1 atom stereocenters. The van der Waals surface area contributed by atoms with Crippen LogP contribution in [0.25, 0.3) is 11.4 Å². The number of benzene rings is 2. The predicted molar refractivity (Wildman–Crippen MR) is 118 cm³/mol. The number of carbonyl (C=O) groups is 1. The van der Waals surface area contributed by atoms with Crippen molar-refractivity contribution in [3.05, 3.63) is 65.5 Å². The highest BCUT2D eigenvalue weighted by Gasteiger charge is 2.31. The molecule has 4 rings (SSSR count). The Labute approximate surface area is 185 Å². The fraction of sp³-hybridized carbons (Fsp3) is 0.348. The summed E-state index contributed by atoms with van der Waals surface area (Å²) >= 11 is 1.32. The predicted octanol–water partition coefficient (Wildman–Crippen LogP) is 4.15. The van der Waals surface area contributed by atoms with Crippen molar-refractivity contribution in [1.29, 1.82) is 0 Å². The van der Waals surface area contributed by atoms with Crippen LogP contribution in [0.15, 0.2) is 53.7 Å². The summed E-state index contributed by atoms with van der Waals surface area (Å²) in [6, 6.07) is 14.3. The maximum atomic E-state index is 13.5. The smallest absolute Gasteiger partial charge is 0.238 e. The average molecular weight is 441 g/mol. The van der Waals surface area contributed by atoms with E-state index in [1.165, 1.54) is 23.9 Å². The van der Waals surface area contributed by atoms with Gasteiger partial charge in [-0.2, -0.15) is 0 Å². The van der Waals surface area contributed by atoms with Gasteiger partial charge in [0.2, 0.25) is 5.91 Å². The molecular formula is C23H25FN4O2S. The number of ether oxygens (including phenoxy) is 1.